The lowest BCUT2D eigenvalue weighted by Crippen LogP contribution is -2.02. The lowest BCUT2D eigenvalue weighted by atomic mass is 10.1. The van der Waals surface area contributed by atoms with Crippen LogP contribution in [0.2, 0.25) is 0 Å². The zero-order valence-electron chi connectivity index (χ0n) is 8.54. The normalized spacial score (nSPS) is 13.9. The van der Waals surface area contributed by atoms with Crippen LogP contribution in [0.3, 0.4) is 0 Å². The third kappa shape index (κ3) is 4.89. The van der Waals surface area contributed by atoms with E-state index in [1.807, 2.05) is 19.2 Å². The SMILES string of the molecule is C\C=C/N=C(/C=C/CC)C(C)C. The van der Waals surface area contributed by atoms with Gasteiger partial charge in [-0.2, -0.15) is 0 Å². The van der Waals surface area contributed by atoms with Crippen LogP contribution in [0.4, 0.5) is 0 Å². The zero-order valence-corrected chi connectivity index (χ0v) is 8.54. The van der Waals surface area contributed by atoms with Crippen LogP contribution < -0.4 is 0 Å². The van der Waals surface area contributed by atoms with E-state index in [1.54, 1.807) is 0 Å². The van der Waals surface area contributed by atoms with Crippen molar-refractivity contribution in [2.24, 2.45) is 10.9 Å². The van der Waals surface area contributed by atoms with Crippen molar-refractivity contribution in [2.75, 3.05) is 0 Å². The Labute approximate surface area is 75.9 Å². The third-order valence-corrected chi connectivity index (χ3v) is 1.49. The molecule has 0 bridgehead atoms. The number of allylic oxidation sites excluding steroid dienone is 3. The van der Waals surface area contributed by atoms with E-state index in [9.17, 15) is 0 Å². The van der Waals surface area contributed by atoms with Crippen LogP contribution in [0.15, 0.2) is 29.4 Å². The molecule has 0 spiro atoms. The fourth-order valence-corrected chi connectivity index (χ4v) is 0.784. The molecule has 0 fully saturated rings. The summed E-state index contributed by atoms with van der Waals surface area (Å²) in [6, 6.07) is 0. The van der Waals surface area contributed by atoms with Gasteiger partial charge in [-0.15, -0.1) is 0 Å². The van der Waals surface area contributed by atoms with Gasteiger partial charge in [0.2, 0.25) is 0 Å². The molecular weight excluding hydrogens is 146 g/mol. The Kier molecular flexibility index (Phi) is 6.35. The van der Waals surface area contributed by atoms with Gasteiger partial charge in [0.05, 0.1) is 0 Å². The van der Waals surface area contributed by atoms with Gasteiger partial charge in [0, 0.05) is 11.9 Å². The minimum Gasteiger partial charge on any atom is -0.261 e. The predicted octanol–water partition coefficient (Wildman–Crippen LogP) is 3.58. The van der Waals surface area contributed by atoms with E-state index >= 15 is 0 Å². The summed E-state index contributed by atoms with van der Waals surface area (Å²) in [6.07, 6.45) is 9.10. The second kappa shape index (κ2) is 6.84. The van der Waals surface area contributed by atoms with Crippen LogP contribution in [-0.2, 0) is 0 Å². The van der Waals surface area contributed by atoms with Crippen LogP contribution in [0.1, 0.15) is 34.1 Å². The van der Waals surface area contributed by atoms with E-state index in [-0.39, 0.29) is 0 Å². The molecule has 0 rings (SSSR count). The highest BCUT2D eigenvalue weighted by Crippen LogP contribution is 2.00. The monoisotopic (exact) mass is 165 g/mol. The van der Waals surface area contributed by atoms with Crippen molar-refractivity contribution in [1.29, 1.82) is 0 Å². The number of aliphatic imine (C=N–C) groups is 1. The minimum absolute atomic E-state index is 0.504. The Hall–Kier alpha value is -0.850. The fourth-order valence-electron chi connectivity index (χ4n) is 0.784. The molecule has 12 heavy (non-hydrogen) atoms. The van der Waals surface area contributed by atoms with Gasteiger partial charge < -0.3 is 0 Å². The van der Waals surface area contributed by atoms with Crippen molar-refractivity contribution in [1.82, 2.24) is 0 Å². The Morgan fingerprint density at radius 2 is 2.08 bits per heavy atom. The largest absolute Gasteiger partial charge is 0.261 e. The summed E-state index contributed by atoms with van der Waals surface area (Å²) >= 11 is 0. The molecule has 0 amide bonds. The minimum atomic E-state index is 0.504. The molecule has 0 aromatic heterocycles. The van der Waals surface area contributed by atoms with Gasteiger partial charge in [0.25, 0.3) is 0 Å². The predicted molar refractivity (Wildman–Crippen MR) is 56.5 cm³/mol. The molecule has 1 heteroatoms. The molecule has 1 nitrogen and oxygen atoms in total. The summed E-state index contributed by atoms with van der Waals surface area (Å²) in [5, 5.41) is 0. The third-order valence-electron chi connectivity index (χ3n) is 1.49. The van der Waals surface area contributed by atoms with Crippen LogP contribution >= 0.6 is 0 Å². The fraction of sp³-hybridized carbons (Fsp3) is 0.545. The summed E-state index contributed by atoms with van der Waals surface area (Å²) in [5.74, 6) is 0.504. The molecule has 0 aliphatic heterocycles. The van der Waals surface area contributed by atoms with E-state index in [1.165, 1.54) is 0 Å². The topological polar surface area (TPSA) is 12.4 Å². The first-order valence-electron chi connectivity index (χ1n) is 4.57. The van der Waals surface area contributed by atoms with Crippen molar-refractivity contribution in [3.05, 3.63) is 24.4 Å². The molecule has 0 saturated carbocycles. The molecule has 68 valence electrons. The van der Waals surface area contributed by atoms with Crippen molar-refractivity contribution >= 4 is 5.71 Å². The highest BCUT2D eigenvalue weighted by atomic mass is 14.7. The molecule has 0 heterocycles. The van der Waals surface area contributed by atoms with E-state index < -0.39 is 0 Å². The van der Waals surface area contributed by atoms with Gasteiger partial charge in [0.15, 0.2) is 0 Å². The first-order chi connectivity index (χ1) is 5.72. The van der Waals surface area contributed by atoms with Crippen LogP contribution in [0.25, 0.3) is 0 Å². The van der Waals surface area contributed by atoms with Crippen molar-refractivity contribution in [3.8, 4) is 0 Å². The maximum Gasteiger partial charge on any atom is 0.0425 e. The van der Waals surface area contributed by atoms with Gasteiger partial charge >= 0.3 is 0 Å². The number of hydrogen-bond acceptors (Lipinski definition) is 1. The Bertz CT molecular complexity index is 185. The highest BCUT2D eigenvalue weighted by molar-refractivity contribution is 5.96. The van der Waals surface area contributed by atoms with Gasteiger partial charge in [-0.05, 0) is 25.3 Å². The lowest BCUT2D eigenvalue weighted by Gasteiger charge is -2.02. The molecule has 0 aliphatic rings. The number of nitrogens with zero attached hydrogens (tertiary/aromatic N) is 1. The van der Waals surface area contributed by atoms with Crippen molar-refractivity contribution in [3.63, 3.8) is 0 Å². The number of rotatable bonds is 4. The summed E-state index contributed by atoms with van der Waals surface area (Å²) < 4.78 is 0. The van der Waals surface area contributed by atoms with Gasteiger partial charge in [-0.25, -0.2) is 0 Å². The average Bonchev–Trinajstić information content (AvgIpc) is 2.04. The Morgan fingerprint density at radius 3 is 2.50 bits per heavy atom. The lowest BCUT2D eigenvalue weighted by molar-refractivity contribution is 0.888. The molecular formula is C11H19N. The molecule has 0 saturated heterocycles. The second-order valence-corrected chi connectivity index (χ2v) is 3.00. The van der Waals surface area contributed by atoms with Crippen LogP contribution in [0.5, 0.6) is 0 Å². The van der Waals surface area contributed by atoms with Crippen molar-refractivity contribution in [2.45, 2.75) is 34.1 Å². The molecule has 0 radical (unpaired) electrons. The van der Waals surface area contributed by atoms with E-state index in [0.717, 1.165) is 12.1 Å². The van der Waals surface area contributed by atoms with Crippen molar-refractivity contribution < 1.29 is 0 Å². The van der Waals surface area contributed by atoms with E-state index in [4.69, 9.17) is 0 Å². The zero-order chi connectivity index (χ0) is 9.40. The molecule has 0 aliphatic carbocycles. The molecule has 0 N–H and O–H groups in total. The Morgan fingerprint density at radius 1 is 1.42 bits per heavy atom. The maximum atomic E-state index is 4.33. The molecule has 0 aromatic rings. The summed E-state index contributed by atoms with van der Waals surface area (Å²) in [5.41, 5.74) is 1.15. The van der Waals surface area contributed by atoms with Crippen LogP contribution in [-0.4, -0.2) is 5.71 Å². The first-order valence-corrected chi connectivity index (χ1v) is 4.57. The van der Waals surface area contributed by atoms with Gasteiger partial charge in [-0.3, -0.25) is 4.99 Å². The highest BCUT2D eigenvalue weighted by Gasteiger charge is 1.97. The first kappa shape index (κ1) is 11.2. The quantitative estimate of drug-likeness (QED) is 0.564. The van der Waals surface area contributed by atoms with E-state index in [2.05, 4.69) is 37.9 Å². The standard InChI is InChI=1S/C11H19N/c1-5-7-8-11(10(3)4)12-9-6-2/h6-10H,5H2,1-4H3/b8-7+,9-6-,12-11-. The average molecular weight is 165 g/mol. The molecule has 0 unspecified atom stereocenters. The second-order valence-electron chi connectivity index (χ2n) is 3.00. The summed E-state index contributed by atoms with van der Waals surface area (Å²) in [6.45, 7) is 8.42. The van der Waals surface area contributed by atoms with E-state index in [0.29, 0.717) is 5.92 Å². The smallest absolute Gasteiger partial charge is 0.0425 e. The van der Waals surface area contributed by atoms with Gasteiger partial charge in [-0.1, -0.05) is 32.9 Å². The molecule has 0 aromatic carbocycles. The Balaban J connectivity index is 4.32. The van der Waals surface area contributed by atoms with Gasteiger partial charge in [0.1, 0.15) is 0 Å². The number of hydrogen-bond donors (Lipinski definition) is 0. The van der Waals surface area contributed by atoms with Crippen LogP contribution in [0, 0.1) is 5.92 Å². The maximum absolute atomic E-state index is 4.33. The summed E-state index contributed by atoms with van der Waals surface area (Å²) in [4.78, 5) is 4.33. The summed E-state index contributed by atoms with van der Waals surface area (Å²) in [7, 11) is 0. The molecule has 0 atom stereocenters.